The van der Waals surface area contributed by atoms with Gasteiger partial charge in [-0.25, -0.2) is 0 Å². The molecule has 4 rings (SSSR count). The Balaban J connectivity index is 1.26. The van der Waals surface area contributed by atoms with Crippen LogP contribution in [0.25, 0.3) is 5.65 Å². The zero-order valence-electron chi connectivity index (χ0n) is 18.4. The fourth-order valence-corrected chi connectivity index (χ4v) is 4.18. The zero-order chi connectivity index (χ0) is 21.3. The first-order valence-corrected chi connectivity index (χ1v) is 11.4. The summed E-state index contributed by atoms with van der Waals surface area (Å²) in [5.41, 5.74) is 2.28. The van der Waals surface area contributed by atoms with Gasteiger partial charge in [-0.1, -0.05) is 36.4 Å². The molecule has 0 spiro atoms. The molecule has 1 aliphatic rings. The van der Waals surface area contributed by atoms with Crippen molar-refractivity contribution >= 4 is 11.6 Å². The number of hydrogen-bond acceptors (Lipinski definition) is 4. The van der Waals surface area contributed by atoms with E-state index in [0.29, 0.717) is 6.04 Å². The minimum Gasteiger partial charge on any atom is -0.357 e. The number of aryl methyl sites for hydroxylation is 1. The quantitative estimate of drug-likeness (QED) is 0.317. The van der Waals surface area contributed by atoms with Crippen LogP contribution < -0.4 is 10.6 Å². The van der Waals surface area contributed by atoms with E-state index in [4.69, 9.17) is 4.99 Å². The number of fused-ring (bicyclic) bond motifs is 1. The van der Waals surface area contributed by atoms with Gasteiger partial charge in [0, 0.05) is 38.3 Å². The summed E-state index contributed by atoms with van der Waals surface area (Å²) in [5, 5.41) is 15.4. The third kappa shape index (κ3) is 5.82. The minimum absolute atomic E-state index is 0.512. The van der Waals surface area contributed by atoms with Gasteiger partial charge >= 0.3 is 0 Å². The lowest BCUT2D eigenvalue weighted by Gasteiger charge is -2.23. The average molecular weight is 420 g/mol. The first kappa shape index (κ1) is 21.3. The van der Waals surface area contributed by atoms with Crippen molar-refractivity contribution in [1.29, 1.82) is 0 Å². The fourth-order valence-electron chi connectivity index (χ4n) is 4.18. The normalized spacial score (nSPS) is 17.3. The second-order valence-electron chi connectivity index (χ2n) is 8.05. The molecule has 2 aromatic heterocycles. The van der Waals surface area contributed by atoms with Gasteiger partial charge in [-0.3, -0.25) is 14.3 Å². The molecule has 3 heterocycles. The summed E-state index contributed by atoms with van der Waals surface area (Å²) in [5.74, 6) is 1.90. The summed E-state index contributed by atoms with van der Waals surface area (Å²) in [6.07, 6.45) is 6.35. The van der Waals surface area contributed by atoms with E-state index in [-0.39, 0.29) is 0 Å². The van der Waals surface area contributed by atoms with Crippen LogP contribution in [-0.2, 0) is 13.0 Å². The van der Waals surface area contributed by atoms with Gasteiger partial charge in [0.2, 0.25) is 0 Å². The monoisotopic (exact) mass is 419 g/mol. The van der Waals surface area contributed by atoms with E-state index in [0.717, 1.165) is 63.0 Å². The summed E-state index contributed by atoms with van der Waals surface area (Å²) in [4.78, 5) is 7.46. The van der Waals surface area contributed by atoms with Gasteiger partial charge in [-0.2, -0.15) is 0 Å². The van der Waals surface area contributed by atoms with E-state index >= 15 is 0 Å². The molecule has 1 aliphatic heterocycles. The molecule has 0 saturated carbocycles. The Kier molecular flexibility index (Phi) is 7.50. The number of likely N-dealkylation sites (tertiary alicyclic amines) is 1. The summed E-state index contributed by atoms with van der Waals surface area (Å²) < 4.78 is 2.06. The lowest BCUT2D eigenvalue weighted by Crippen LogP contribution is -2.39. The molecule has 3 aromatic rings. The Morgan fingerprint density at radius 1 is 1.10 bits per heavy atom. The first-order valence-electron chi connectivity index (χ1n) is 11.4. The van der Waals surface area contributed by atoms with Crippen LogP contribution >= 0.6 is 0 Å². The predicted octanol–water partition coefficient (Wildman–Crippen LogP) is 2.88. The summed E-state index contributed by atoms with van der Waals surface area (Å²) in [6.45, 7) is 6.82. The van der Waals surface area contributed by atoms with Gasteiger partial charge in [-0.15, -0.1) is 10.2 Å². The molecule has 0 bridgehead atoms. The highest BCUT2D eigenvalue weighted by Crippen LogP contribution is 2.20. The molecule has 0 amide bonds. The Hall–Kier alpha value is -2.93. The number of guanidine groups is 1. The molecule has 7 nitrogen and oxygen atoms in total. The number of nitrogens with one attached hydrogen (secondary N) is 2. The van der Waals surface area contributed by atoms with Gasteiger partial charge in [0.25, 0.3) is 0 Å². The molecule has 164 valence electrons. The highest BCUT2D eigenvalue weighted by atomic mass is 15.2. The maximum absolute atomic E-state index is 4.89. The van der Waals surface area contributed by atoms with Crippen LogP contribution in [0, 0.1) is 0 Å². The minimum atomic E-state index is 0.512. The van der Waals surface area contributed by atoms with Crippen LogP contribution in [-0.4, -0.2) is 57.7 Å². The standard InChI is InChI=1S/C24H33N7/c1-2-25-24(26-15-8-14-23-29-28-22-13-6-7-17-31(22)23)27-18-21-12-9-16-30(21)19-20-10-4-3-5-11-20/h3-7,10-11,13,17,21H,2,8-9,12,14-16,18-19H2,1H3,(H2,25,26,27). The van der Waals surface area contributed by atoms with Crippen molar-refractivity contribution in [3.8, 4) is 0 Å². The Morgan fingerprint density at radius 2 is 1.97 bits per heavy atom. The van der Waals surface area contributed by atoms with Crippen LogP contribution in [0.3, 0.4) is 0 Å². The number of pyridine rings is 1. The number of rotatable bonds is 9. The highest BCUT2D eigenvalue weighted by molar-refractivity contribution is 5.79. The molecule has 1 fully saturated rings. The van der Waals surface area contributed by atoms with Crippen molar-refractivity contribution in [1.82, 2.24) is 30.1 Å². The summed E-state index contributed by atoms with van der Waals surface area (Å²) >= 11 is 0. The lowest BCUT2D eigenvalue weighted by atomic mass is 10.2. The Labute approximate surface area is 184 Å². The van der Waals surface area contributed by atoms with E-state index in [1.807, 2.05) is 24.4 Å². The molecule has 1 saturated heterocycles. The summed E-state index contributed by atoms with van der Waals surface area (Å²) in [6, 6.07) is 17.2. The third-order valence-corrected chi connectivity index (χ3v) is 5.79. The van der Waals surface area contributed by atoms with E-state index in [1.165, 1.54) is 18.4 Å². The van der Waals surface area contributed by atoms with Crippen LogP contribution in [0.2, 0.25) is 0 Å². The van der Waals surface area contributed by atoms with E-state index in [1.54, 1.807) is 0 Å². The molecule has 31 heavy (non-hydrogen) atoms. The summed E-state index contributed by atoms with van der Waals surface area (Å²) in [7, 11) is 0. The largest absolute Gasteiger partial charge is 0.357 e. The molecule has 7 heteroatoms. The highest BCUT2D eigenvalue weighted by Gasteiger charge is 2.24. The van der Waals surface area contributed by atoms with Gasteiger partial charge in [0.05, 0.1) is 6.54 Å². The molecular weight excluding hydrogens is 386 g/mol. The van der Waals surface area contributed by atoms with Crippen molar-refractivity contribution in [2.24, 2.45) is 4.99 Å². The van der Waals surface area contributed by atoms with E-state index in [2.05, 4.69) is 67.4 Å². The lowest BCUT2D eigenvalue weighted by molar-refractivity contribution is 0.250. The molecule has 0 radical (unpaired) electrons. The third-order valence-electron chi connectivity index (χ3n) is 5.79. The fraction of sp³-hybridized carbons (Fsp3) is 0.458. The van der Waals surface area contributed by atoms with Gasteiger partial charge in [-0.05, 0) is 50.4 Å². The molecule has 1 unspecified atom stereocenters. The van der Waals surface area contributed by atoms with Crippen molar-refractivity contribution in [2.75, 3.05) is 26.2 Å². The van der Waals surface area contributed by atoms with Crippen LogP contribution in [0.15, 0.2) is 59.7 Å². The number of aromatic nitrogens is 3. The van der Waals surface area contributed by atoms with Crippen LogP contribution in [0.4, 0.5) is 0 Å². The van der Waals surface area contributed by atoms with Crippen molar-refractivity contribution in [3.05, 3.63) is 66.1 Å². The maximum atomic E-state index is 4.89. The first-order chi connectivity index (χ1) is 15.3. The predicted molar refractivity (Wildman–Crippen MR) is 125 cm³/mol. The number of nitrogens with zero attached hydrogens (tertiary/aromatic N) is 5. The van der Waals surface area contributed by atoms with Gasteiger partial charge in [0.15, 0.2) is 11.6 Å². The van der Waals surface area contributed by atoms with Crippen molar-refractivity contribution in [2.45, 2.75) is 45.2 Å². The van der Waals surface area contributed by atoms with Crippen molar-refractivity contribution in [3.63, 3.8) is 0 Å². The molecule has 1 aromatic carbocycles. The molecular formula is C24H33N7. The smallest absolute Gasteiger partial charge is 0.191 e. The van der Waals surface area contributed by atoms with E-state index in [9.17, 15) is 0 Å². The number of benzene rings is 1. The topological polar surface area (TPSA) is 69.8 Å². The maximum Gasteiger partial charge on any atom is 0.191 e. The molecule has 2 N–H and O–H groups in total. The second-order valence-corrected chi connectivity index (χ2v) is 8.05. The number of hydrogen-bond donors (Lipinski definition) is 2. The molecule has 1 atom stereocenters. The Morgan fingerprint density at radius 3 is 2.84 bits per heavy atom. The van der Waals surface area contributed by atoms with Crippen LogP contribution in [0.1, 0.15) is 37.6 Å². The van der Waals surface area contributed by atoms with E-state index < -0.39 is 0 Å². The SMILES string of the molecule is CCNC(=NCC1CCCN1Cc1ccccc1)NCCCc1nnc2ccccn12. The molecule has 0 aliphatic carbocycles. The zero-order valence-corrected chi connectivity index (χ0v) is 18.4. The van der Waals surface area contributed by atoms with Crippen LogP contribution in [0.5, 0.6) is 0 Å². The second kappa shape index (κ2) is 10.9. The Bertz CT molecular complexity index is 966. The van der Waals surface area contributed by atoms with Crippen molar-refractivity contribution < 1.29 is 0 Å². The number of aliphatic imine (C=N–C) groups is 1. The van der Waals surface area contributed by atoms with Gasteiger partial charge in [0.1, 0.15) is 5.82 Å². The average Bonchev–Trinajstić information content (AvgIpc) is 3.42. The van der Waals surface area contributed by atoms with Gasteiger partial charge < -0.3 is 10.6 Å².